The molecule has 1 aromatic carbocycles. The molecule has 1 aliphatic heterocycles. The zero-order valence-electron chi connectivity index (χ0n) is 12.5. The van der Waals surface area contributed by atoms with Crippen LogP contribution in [0.5, 0.6) is 0 Å². The van der Waals surface area contributed by atoms with Gasteiger partial charge in [0.2, 0.25) is 11.8 Å². The van der Waals surface area contributed by atoms with E-state index in [1.807, 2.05) is 0 Å². The minimum absolute atomic E-state index is 0.347. The van der Waals surface area contributed by atoms with Crippen LogP contribution >= 0.6 is 15.9 Å². The molecule has 126 valence electrons. The maximum Gasteiger partial charge on any atom is 0.334 e. The molecule has 0 aromatic heterocycles. The van der Waals surface area contributed by atoms with E-state index in [1.165, 1.54) is 0 Å². The van der Waals surface area contributed by atoms with Crippen molar-refractivity contribution in [2.45, 2.75) is 0 Å². The second-order valence-corrected chi connectivity index (χ2v) is 5.70. The lowest BCUT2D eigenvalue weighted by Crippen LogP contribution is -2.43. The highest BCUT2D eigenvalue weighted by molar-refractivity contribution is 9.10. The molecule has 0 atom stereocenters. The quantitative estimate of drug-likeness (QED) is 0.533. The Morgan fingerprint density at radius 3 is 2.33 bits per heavy atom. The Hall–Kier alpha value is -2.75. The number of anilines is 1. The highest BCUT2D eigenvalue weighted by Gasteiger charge is 2.42. The minimum atomic E-state index is -1.07. The van der Waals surface area contributed by atoms with Crippen LogP contribution in [0.4, 0.5) is 10.5 Å². The van der Waals surface area contributed by atoms with Gasteiger partial charge in [-0.15, -0.1) is 0 Å². The Morgan fingerprint density at radius 2 is 1.75 bits per heavy atom. The van der Waals surface area contributed by atoms with Gasteiger partial charge in [0.15, 0.2) is 0 Å². The van der Waals surface area contributed by atoms with Crippen molar-refractivity contribution < 1.29 is 24.0 Å². The zero-order valence-corrected chi connectivity index (χ0v) is 14.1. The molecule has 1 fully saturated rings. The molecule has 0 aliphatic carbocycles. The van der Waals surface area contributed by atoms with E-state index in [0.717, 1.165) is 7.05 Å². The molecule has 0 saturated carbocycles. The Labute approximate surface area is 145 Å². The van der Waals surface area contributed by atoms with Gasteiger partial charge in [-0.2, -0.15) is 0 Å². The number of amides is 6. The van der Waals surface area contributed by atoms with Crippen molar-refractivity contribution in [3.8, 4) is 0 Å². The molecule has 1 aromatic rings. The van der Waals surface area contributed by atoms with Crippen LogP contribution in [-0.2, 0) is 19.2 Å². The second kappa shape index (κ2) is 7.21. The number of carbonyl (C=O) groups is 5. The largest absolute Gasteiger partial charge is 0.345 e. The number of rotatable bonds is 5. The summed E-state index contributed by atoms with van der Waals surface area (Å²) >= 11 is 3.27. The average molecular weight is 397 g/mol. The smallest absolute Gasteiger partial charge is 0.334 e. The Bertz CT molecular complexity index is 736. The number of likely N-dealkylation sites (N-methyl/N-ethyl adjacent to an activating group) is 1. The number of hydrogen-bond acceptors (Lipinski definition) is 5. The van der Waals surface area contributed by atoms with Crippen molar-refractivity contribution in [2.24, 2.45) is 0 Å². The van der Waals surface area contributed by atoms with Crippen LogP contribution in [0.25, 0.3) is 0 Å². The lowest BCUT2D eigenvalue weighted by molar-refractivity contribution is -0.143. The molecule has 0 bridgehead atoms. The number of urea groups is 1. The van der Waals surface area contributed by atoms with Crippen LogP contribution in [0.1, 0.15) is 0 Å². The van der Waals surface area contributed by atoms with Crippen molar-refractivity contribution in [1.82, 2.24) is 15.1 Å². The summed E-state index contributed by atoms with van der Waals surface area (Å²) in [6, 6.07) is 6.05. The molecule has 1 aliphatic rings. The fraction of sp³-hybridized carbons (Fsp3) is 0.214. The number of imide groups is 2. The Kier molecular flexibility index (Phi) is 5.29. The standard InChI is InChI=1S/C14H13BrN4O5/c1-18-12(22)13(23)19(14(18)24)7-11(21)16-6-10(20)17-9-5-3-2-4-8(9)15/h2-5H,6-7H2,1H3,(H,16,21)(H,17,20). The number of nitrogens with one attached hydrogen (secondary N) is 2. The van der Waals surface area contributed by atoms with Crippen molar-refractivity contribution in [3.05, 3.63) is 28.7 Å². The van der Waals surface area contributed by atoms with Crippen molar-refractivity contribution in [3.63, 3.8) is 0 Å². The summed E-state index contributed by atoms with van der Waals surface area (Å²) in [4.78, 5) is 59.1. The predicted octanol–water partition coefficient (Wildman–Crippen LogP) is -0.0756. The summed E-state index contributed by atoms with van der Waals surface area (Å²) in [5, 5.41) is 4.86. The first-order valence-corrected chi connectivity index (χ1v) is 7.55. The van der Waals surface area contributed by atoms with Gasteiger partial charge in [0.05, 0.1) is 12.2 Å². The first kappa shape index (κ1) is 17.6. The van der Waals surface area contributed by atoms with Gasteiger partial charge in [-0.3, -0.25) is 24.1 Å². The van der Waals surface area contributed by atoms with E-state index in [2.05, 4.69) is 26.6 Å². The molecule has 9 nitrogen and oxygen atoms in total. The highest BCUT2D eigenvalue weighted by Crippen LogP contribution is 2.20. The molecule has 2 rings (SSSR count). The number of para-hydroxylation sites is 1. The lowest BCUT2D eigenvalue weighted by Gasteiger charge is -2.13. The van der Waals surface area contributed by atoms with Gasteiger partial charge in [-0.1, -0.05) is 12.1 Å². The molecule has 1 heterocycles. The van der Waals surface area contributed by atoms with E-state index in [-0.39, 0.29) is 6.54 Å². The molecule has 0 unspecified atom stereocenters. The van der Waals surface area contributed by atoms with E-state index in [4.69, 9.17) is 0 Å². The Morgan fingerprint density at radius 1 is 1.08 bits per heavy atom. The molecule has 10 heteroatoms. The van der Waals surface area contributed by atoms with E-state index >= 15 is 0 Å². The van der Waals surface area contributed by atoms with E-state index in [1.54, 1.807) is 24.3 Å². The maximum atomic E-state index is 11.8. The van der Waals surface area contributed by atoms with Gasteiger partial charge >= 0.3 is 17.8 Å². The first-order chi connectivity index (χ1) is 11.3. The van der Waals surface area contributed by atoms with Gasteiger partial charge in [0.1, 0.15) is 6.54 Å². The third-order valence-electron chi connectivity index (χ3n) is 3.15. The van der Waals surface area contributed by atoms with Crippen LogP contribution in [0.2, 0.25) is 0 Å². The number of hydrogen-bond donors (Lipinski definition) is 2. The van der Waals surface area contributed by atoms with Crippen molar-refractivity contribution in [2.75, 3.05) is 25.5 Å². The molecule has 24 heavy (non-hydrogen) atoms. The lowest BCUT2D eigenvalue weighted by atomic mass is 10.3. The number of halogens is 1. The molecule has 0 radical (unpaired) electrons. The third-order valence-corrected chi connectivity index (χ3v) is 3.84. The number of nitrogens with zero attached hydrogens (tertiary/aromatic N) is 2. The molecule has 1 saturated heterocycles. The summed E-state index contributed by atoms with van der Waals surface area (Å²) in [7, 11) is 1.14. The summed E-state index contributed by atoms with van der Waals surface area (Å²) in [5.74, 6) is -3.29. The second-order valence-electron chi connectivity index (χ2n) is 4.84. The predicted molar refractivity (Wildman–Crippen MR) is 85.7 cm³/mol. The highest BCUT2D eigenvalue weighted by atomic mass is 79.9. The van der Waals surface area contributed by atoms with Crippen LogP contribution in [0.15, 0.2) is 28.7 Å². The van der Waals surface area contributed by atoms with Gasteiger partial charge in [0.25, 0.3) is 0 Å². The van der Waals surface area contributed by atoms with Crippen molar-refractivity contribution >= 4 is 51.3 Å². The minimum Gasteiger partial charge on any atom is -0.345 e. The molecule has 2 N–H and O–H groups in total. The summed E-state index contributed by atoms with van der Waals surface area (Å²) in [6.45, 7) is -0.976. The average Bonchev–Trinajstić information content (AvgIpc) is 2.73. The topological polar surface area (TPSA) is 116 Å². The molecular weight excluding hydrogens is 384 g/mol. The normalized spacial score (nSPS) is 14.2. The van der Waals surface area contributed by atoms with Crippen molar-refractivity contribution in [1.29, 1.82) is 0 Å². The Balaban J connectivity index is 1.84. The van der Waals surface area contributed by atoms with E-state index in [0.29, 0.717) is 20.0 Å². The van der Waals surface area contributed by atoms with Gasteiger partial charge in [-0.25, -0.2) is 9.69 Å². The molecule has 6 amide bonds. The van der Waals surface area contributed by atoms with E-state index in [9.17, 15) is 24.0 Å². The van der Waals surface area contributed by atoms with Crippen LogP contribution in [-0.4, -0.2) is 59.6 Å². The van der Waals surface area contributed by atoms with Crippen LogP contribution in [0, 0.1) is 0 Å². The van der Waals surface area contributed by atoms with Gasteiger partial charge in [0, 0.05) is 11.5 Å². The third kappa shape index (κ3) is 3.77. The number of benzene rings is 1. The fourth-order valence-electron chi connectivity index (χ4n) is 1.89. The summed E-state index contributed by atoms with van der Waals surface area (Å²) < 4.78 is 0.680. The first-order valence-electron chi connectivity index (χ1n) is 6.76. The van der Waals surface area contributed by atoms with Gasteiger partial charge < -0.3 is 10.6 Å². The van der Waals surface area contributed by atoms with Crippen LogP contribution < -0.4 is 10.6 Å². The SMILES string of the molecule is CN1C(=O)C(=O)N(CC(=O)NCC(=O)Nc2ccccc2Br)C1=O. The monoisotopic (exact) mass is 396 g/mol. The van der Waals surface area contributed by atoms with E-state index < -0.39 is 36.2 Å². The summed E-state index contributed by atoms with van der Waals surface area (Å²) in [6.07, 6.45) is 0. The molecular formula is C14H13BrN4O5. The van der Waals surface area contributed by atoms with Gasteiger partial charge in [-0.05, 0) is 28.1 Å². The number of carbonyl (C=O) groups excluding carboxylic acids is 5. The summed E-state index contributed by atoms with van der Waals surface area (Å²) in [5.41, 5.74) is 0.536. The van der Waals surface area contributed by atoms with Crippen LogP contribution in [0.3, 0.4) is 0 Å². The zero-order chi connectivity index (χ0) is 17.9. The molecule has 0 spiro atoms. The maximum absolute atomic E-state index is 11.8. The fourth-order valence-corrected chi connectivity index (χ4v) is 2.27.